The monoisotopic (exact) mass is 438 g/mol. The van der Waals surface area contributed by atoms with Gasteiger partial charge in [-0.15, -0.1) is 10.3 Å². The maximum absolute atomic E-state index is 14.1. The number of nitrogens with zero attached hydrogens (tertiary/aromatic N) is 1. The molecule has 1 aromatic carbocycles. The summed E-state index contributed by atoms with van der Waals surface area (Å²) in [6, 6.07) is 5.74. The van der Waals surface area contributed by atoms with Gasteiger partial charge in [-0.1, -0.05) is 26.8 Å². The Morgan fingerprint density at radius 2 is 1.90 bits per heavy atom. The standard InChI is InChI=1S/C22H31FN2O4S/c1-15-8-9-18(17(23)12-15)24-19-13-20(26)25(14-16(19)21(27)28)10-7-11-29-30(5,6)22(2,3)4/h8-9,12-14,24H,7,10-11H2,1-6H3,(H,27,28). The average molecular weight is 439 g/mol. The summed E-state index contributed by atoms with van der Waals surface area (Å²) < 4.78 is 21.6. The summed E-state index contributed by atoms with van der Waals surface area (Å²) in [4.78, 5) is 24.2. The number of aromatic carboxylic acids is 1. The first-order chi connectivity index (χ1) is 13.8. The predicted molar refractivity (Wildman–Crippen MR) is 122 cm³/mol. The molecule has 0 radical (unpaired) electrons. The van der Waals surface area contributed by atoms with Crippen molar-refractivity contribution >= 4 is 27.7 Å². The summed E-state index contributed by atoms with van der Waals surface area (Å²) in [5, 5.41) is 12.3. The summed E-state index contributed by atoms with van der Waals surface area (Å²) in [5.74, 6) is -1.72. The van der Waals surface area contributed by atoms with Gasteiger partial charge in [0.2, 0.25) is 0 Å². The molecule has 1 heterocycles. The van der Waals surface area contributed by atoms with E-state index in [-0.39, 0.29) is 27.2 Å². The largest absolute Gasteiger partial charge is 0.478 e. The van der Waals surface area contributed by atoms with Crippen molar-refractivity contribution in [1.82, 2.24) is 4.57 Å². The molecule has 0 amide bonds. The van der Waals surface area contributed by atoms with Crippen LogP contribution in [0.4, 0.5) is 15.8 Å². The number of anilines is 2. The molecule has 8 heteroatoms. The van der Waals surface area contributed by atoms with Crippen molar-refractivity contribution in [3.8, 4) is 0 Å². The molecule has 2 rings (SSSR count). The Labute approximate surface area is 178 Å². The molecule has 0 spiro atoms. The fourth-order valence-electron chi connectivity index (χ4n) is 2.57. The average Bonchev–Trinajstić information content (AvgIpc) is 2.61. The first-order valence-corrected chi connectivity index (χ1v) is 12.1. The van der Waals surface area contributed by atoms with Crippen LogP contribution in [-0.2, 0) is 10.7 Å². The van der Waals surface area contributed by atoms with Crippen LogP contribution in [0, 0.1) is 12.7 Å². The van der Waals surface area contributed by atoms with Crippen LogP contribution in [0.5, 0.6) is 0 Å². The molecule has 166 valence electrons. The topological polar surface area (TPSA) is 80.6 Å². The predicted octanol–water partition coefficient (Wildman–Crippen LogP) is 4.92. The molecule has 30 heavy (non-hydrogen) atoms. The van der Waals surface area contributed by atoms with Gasteiger partial charge in [0.05, 0.1) is 23.5 Å². The highest BCUT2D eigenvalue weighted by molar-refractivity contribution is 8.29. The van der Waals surface area contributed by atoms with E-state index in [9.17, 15) is 19.1 Å². The van der Waals surface area contributed by atoms with Crippen LogP contribution in [0.2, 0.25) is 0 Å². The zero-order valence-electron chi connectivity index (χ0n) is 18.4. The first-order valence-electron chi connectivity index (χ1n) is 9.70. The second-order valence-corrected chi connectivity index (χ2v) is 12.5. The van der Waals surface area contributed by atoms with Crippen LogP contribution in [0.25, 0.3) is 0 Å². The van der Waals surface area contributed by atoms with E-state index in [2.05, 4.69) is 38.6 Å². The Hall–Kier alpha value is -2.32. The minimum Gasteiger partial charge on any atom is -0.478 e. The summed E-state index contributed by atoms with van der Waals surface area (Å²) in [5.41, 5.74) is 0.446. The highest BCUT2D eigenvalue weighted by atomic mass is 32.3. The summed E-state index contributed by atoms with van der Waals surface area (Å²) in [7, 11) is -1.26. The Kier molecular flexibility index (Phi) is 7.36. The molecule has 0 bridgehead atoms. The van der Waals surface area contributed by atoms with Gasteiger partial charge < -0.3 is 19.2 Å². The number of carbonyl (C=O) groups is 1. The van der Waals surface area contributed by atoms with Gasteiger partial charge >= 0.3 is 5.97 Å². The Bertz CT molecular complexity index is 980. The van der Waals surface area contributed by atoms with E-state index in [0.717, 1.165) is 5.56 Å². The smallest absolute Gasteiger partial charge is 0.339 e. The van der Waals surface area contributed by atoms with Crippen molar-refractivity contribution in [3.63, 3.8) is 0 Å². The lowest BCUT2D eigenvalue weighted by Gasteiger charge is -2.43. The van der Waals surface area contributed by atoms with Crippen LogP contribution in [0.3, 0.4) is 0 Å². The fraction of sp³-hybridized carbons (Fsp3) is 0.455. The molecule has 0 saturated heterocycles. The molecule has 6 nitrogen and oxygen atoms in total. The summed E-state index contributed by atoms with van der Waals surface area (Å²) in [6.07, 6.45) is 6.07. The van der Waals surface area contributed by atoms with Gasteiger partial charge in [0.15, 0.2) is 0 Å². The first kappa shape index (κ1) is 24.0. The number of nitrogens with one attached hydrogen (secondary N) is 1. The lowest BCUT2D eigenvalue weighted by atomic mass is 10.2. The van der Waals surface area contributed by atoms with Gasteiger partial charge in [-0.3, -0.25) is 4.79 Å². The van der Waals surface area contributed by atoms with Crippen molar-refractivity contribution in [2.24, 2.45) is 0 Å². The SMILES string of the molecule is Cc1ccc(Nc2cc(=O)n(CCCOS(C)(C)C(C)(C)C)cc2C(=O)O)c(F)c1. The van der Waals surface area contributed by atoms with Crippen molar-refractivity contribution in [1.29, 1.82) is 0 Å². The van der Waals surface area contributed by atoms with E-state index >= 15 is 0 Å². The van der Waals surface area contributed by atoms with Crippen LogP contribution >= 0.6 is 10.3 Å². The molecular formula is C22H31FN2O4S. The van der Waals surface area contributed by atoms with E-state index < -0.39 is 22.1 Å². The zero-order valence-corrected chi connectivity index (χ0v) is 19.2. The van der Waals surface area contributed by atoms with Crippen molar-refractivity contribution in [2.45, 2.75) is 45.4 Å². The fourth-order valence-corrected chi connectivity index (χ4v) is 3.46. The van der Waals surface area contributed by atoms with Gasteiger partial charge in [-0.25, -0.2) is 9.18 Å². The third kappa shape index (κ3) is 5.86. The number of hydrogen-bond donors (Lipinski definition) is 2. The molecule has 0 fully saturated rings. The third-order valence-electron chi connectivity index (χ3n) is 5.15. The molecule has 0 atom stereocenters. The molecule has 1 aromatic heterocycles. The Morgan fingerprint density at radius 1 is 1.23 bits per heavy atom. The number of carboxylic acid groups (broad SMARTS) is 1. The van der Waals surface area contributed by atoms with Crippen LogP contribution < -0.4 is 10.9 Å². The van der Waals surface area contributed by atoms with Crippen LogP contribution in [-0.4, -0.2) is 39.5 Å². The van der Waals surface area contributed by atoms with E-state index in [4.69, 9.17) is 4.18 Å². The number of carboxylic acids is 1. The minimum absolute atomic E-state index is 0.0406. The quantitative estimate of drug-likeness (QED) is 0.572. The number of halogens is 1. The summed E-state index contributed by atoms with van der Waals surface area (Å²) in [6.45, 7) is 8.96. The van der Waals surface area contributed by atoms with E-state index in [1.807, 2.05) is 0 Å². The highest BCUT2D eigenvalue weighted by Crippen LogP contribution is 2.53. The second-order valence-electron chi connectivity index (χ2n) is 8.57. The molecule has 0 aliphatic rings. The maximum Gasteiger partial charge on any atom is 0.339 e. The van der Waals surface area contributed by atoms with E-state index in [1.54, 1.807) is 13.0 Å². The zero-order chi connectivity index (χ0) is 22.7. The van der Waals surface area contributed by atoms with Gasteiger partial charge in [-0.05, 0) is 43.6 Å². The molecular weight excluding hydrogens is 407 g/mol. The van der Waals surface area contributed by atoms with Crippen molar-refractivity contribution < 1.29 is 18.5 Å². The van der Waals surface area contributed by atoms with Crippen molar-refractivity contribution in [3.05, 3.63) is 57.8 Å². The lowest BCUT2D eigenvalue weighted by molar-refractivity contribution is 0.0697. The van der Waals surface area contributed by atoms with E-state index in [1.165, 1.54) is 29.0 Å². The molecule has 2 N–H and O–H groups in total. The molecule has 2 aromatic rings. The normalized spacial score (nSPS) is 12.6. The number of aryl methyl sites for hydroxylation is 2. The summed E-state index contributed by atoms with van der Waals surface area (Å²) >= 11 is 0. The maximum atomic E-state index is 14.1. The lowest BCUT2D eigenvalue weighted by Crippen LogP contribution is -2.26. The number of rotatable bonds is 8. The third-order valence-corrected chi connectivity index (χ3v) is 8.85. The molecule has 0 saturated carbocycles. The Balaban J connectivity index is 2.17. The molecule has 0 aliphatic heterocycles. The van der Waals surface area contributed by atoms with Gasteiger partial charge in [0.1, 0.15) is 5.82 Å². The second kappa shape index (κ2) is 9.22. The number of benzene rings is 1. The number of aromatic nitrogens is 1. The van der Waals surface area contributed by atoms with Crippen molar-refractivity contribution in [2.75, 3.05) is 24.4 Å². The number of hydrogen-bond acceptors (Lipinski definition) is 4. The van der Waals surface area contributed by atoms with Crippen LogP contribution in [0.1, 0.15) is 43.1 Å². The molecule has 0 unspecified atom stereocenters. The van der Waals surface area contributed by atoms with Gasteiger partial charge in [-0.2, -0.15) is 0 Å². The Morgan fingerprint density at radius 3 is 2.47 bits per heavy atom. The highest BCUT2D eigenvalue weighted by Gasteiger charge is 2.28. The van der Waals surface area contributed by atoms with E-state index in [0.29, 0.717) is 19.6 Å². The van der Waals surface area contributed by atoms with Crippen LogP contribution in [0.15, 0.2) is 35.3 Å². The van der Waals surface area contributed by atoms with Gasteiger partial charge in [0, 0.05) is 23.6 Å². The molecule has 0 aliphatic carbocycles. The van der Waals surface area contributed by atoms with Gasteiger partial charge in [0.25, 0.3) is 5.56 Å². The minimum atomic E-state index is -1.26. The number of pyridine rings is 1.